The molecule has 0 saturated heterocycles. The van der Waals surface area contributed by atoms with Crippen molar-refractivity contribution in [3.05, 3.63) is 59.7 Å². The van der Waals surface area contributed by atoms with E-state index in [-0.39, 0.29) is 23.7 Å². The molecule has 0 saturated carbocycles. The van der Waals surface area contributed by atoms with E-state index in [1.807, 2.05) is 24.3 Å². The number of nitrogens with one attached hydrogen (secondary N) is 3. The number of amides is 3. The molecule has 4 N–H and O–H groups in total. The Bertz CT molecular complexity index is 792. The number of carbonyl (C=O) groups is 2. The molecule has 1 unspecified atom stereocenters. The summed E-state index contributed by atoms with van der Waals surface area (Å²) in [4.78, 5) is 24.1. The van der Waals surface area contributed by atoms with Crippen molar-refractivity contribution >= 4 is 11.9 Å². The first kappa shape index (κ1) is 18.6. The topological polar surface area (TPSA) is 99.7 Å². The van der Waals surface area contributed by atoms with Crippen LogP contribution in [0.25, 0.3) is 0 Å². The van der Waals surface area contributed by atoms with E-state index in [1.165, 1.54) is 24.3 Å². The Kier molecular flexibility index (Phi) is 6.14. The molecule has 7 heteroatoms. The van der Waals surface area contributed by atoms with Gasteiger partial charge in [-0.3, -0.25) is 4.79 Å². The Morgan fingerprint density at radius 3 is 2.59 bits per heavy atom. The lowest BCUT2D eigenvalue weighted by molar-refractivity contribution is 0.0954. The van der Waals surface area contributed by atoms with Crippen molar-refractivity contribution in [1.82, 2.24) is 16.0 Å². The number of hydrogen-bond acceptors (Lipinski definition) is 4. The van der Waals surface area contributed by atoms with Crippen LogP contribution in [0.15, 0.2) is 48.5 Å². The van der Waals surface area contributed by atoms with Crippen LogP contribution in [0.4, 0.5) is 4.79 Å². The fourth-order valence-electron chi connectivity index (χ4n) is 2.95. The van der Waals surface area contributed by atoms with Crippen molar-refractivity contribution < 1.29 is 19.4 Å². The summed E-state index contributed by atoms with van der Waals surface area (Å²) in [6.45, 7) is 1.25. The van der Waals surface area contributed by atoms with E-state index < -0.39 is 0 Å². The molecule has 1 aliphatic heterocycles. The molecule has 0 spiro atoms. The minimum atomic E-state index is -0.282. The molecule has 1 atom stereocenters. The summed E-state index contributed by atoms with van der Waals surface area (Å²) in [7, 11) is 0. The predicted octanol–water partition coefficient (Wildman–Crippen LogP) is 2.34. The van der Waals surface area contributed by atoms with Crippen molar-refractivity contribution in [2.24, 2.45) is 0 Å². The maximum Gasteiger partial charge on any atom is 0.315 e. The number of urea groups is 1. The molecule has 3 rings (SSSR count). The third-order valence-electron chi connectivity index (χ3n) is 4.32. The van der Waals surface area contributed by atoms with Gasteiger partial charge in [-0.1, -0.05) is 18.2 Å². The maximum absolute atomic E-state index is 12.2. The summed E-state index contributed by atoms with van der Waals surface area (Å²) in [5.41, 5.74) is 1.43. The molecule has 2 aromatic carbocycles. The standard InChI is InChI=1S/C20H23N3O4/c24-15-9-7-14(8-10-15)19(25)21-11-12-22-20(26)23-17-5-3-13-27-18-6-2-1-4-16(17)18/h1-2,4,6-10,17,24H,3,5,11-13H2,(H,21,25)(H2,22,23,26). The van der Waals surface area contributed by atoms with E-state index in [1.54, 1.807) is 0 Å². The van der Waals surface area contributed by atoms with Gasteiger partial charge in [0.15, 0.2) is 0 Å². The van der Waals surface area contributed by atoms with E-state index in [0.29, 0.717) is 25.3 Å². The largest absolute Gasteiger partial charge is 0.508 e. The molecule has 0 radical (unpaired) electrons. The van der Waals surface area contributed by atoms with E-state index in [0.717, 1.165) is 24.2 Å². The van der Waals surface area contributed by atoms with Crippen LogP contribution in [-0.4, -0.2) is 36.7 Å². The smallest absolute Gasteiger partial charge is 0.315 e. The van der Waals surface area contributed by atoms with Crippen molar-refractivity contribution in [2.75, 3.05) is 19.7 Å². The molecule has 0 bridgehead atoms. The Labute approximate surface area is 157 Å². The molecule has 7 nitrogen and oxygen atoms in total. The highest BCUT2D eigenvalue weighted by Crippen LogP contribution is 2.30. The monoisotopic (exact) mass is 369 g/mol. The van der Waals surface area contributed by atoms with Crippen LogP contribution in [0.2, 0.25) is 0 Å². The number of para-hydroxylation sites is 1. The minimum Gasteiger partial charge on any atom is -0.508 e. The zero-order valence-corrected chi connectivity index (χ0v) is 14.9. The molecule has 1 aliphatic rings. The van der Waals surface area contributed by atoms with Crippen LogP contribution in [0, 0.1) is 0 Å². The molecule has 0 fully saturated rings. The molecule has 27 heavy (non-hydrogen) atoms. The van der Waals surface area contributed by atoms with Gasteiger partial charge in [0.2, 0.25) is 0 Å². The predicted molar refractivity (Wildman–Crippen MR) is 101 cm³/mol. The van der Waals surface area contributed by atoms with E-state index in [4.69, 9.17) is 4.74 Å². The Morgan fingerprint density at radius 2 is 1.78 bits per heavy atom. The molecule has 0 aromatic heterocycles. The number of benzene rings is 2. The number of rotatable bonds is 5. The summed E-state index contributed by atoms with van der Waals surface area (Å²) in [5, 5.41) is 17.7. The van der Waals surface area contributed by atoms with Crippen LogP contribution < -0.4 is 20.7 Å². The van der Waals surface area contributed by atoms with Crippen LogP contribution in [-0.2, 0) is 0 Å². The molecule has 2 aromatic rings. The first-order chi connectivity index (χ1) is 13.1. The number of phenols is 1. The second-order valence-corrected chi connectivity index (χ2v) is 6.28. The molecular weight excluding hydrogens is 346 g/mol. The molecule has 142 valence electrons. The third kappa shape index (κ3) is 5.13. The Morgan fingerprint density at radius 1 is 1.04 bits per heavy atom. The van der Waals surface area contributed by atoms with Crippen molar-refractivity contribution in [2.45, 2.75) is 18.9 Å². The molecule has 1 heterocycles. The quantitative estimate of drug-likeness (QED) is 0.608. The zero-order chi connectivity index (χ0) is 19.1. The fourth-order valence-corrected chi connectivity index (χ4v) is 2.95. The van der Waals surface area contributed by atoms with Gasteiger partial charge in [0.25, 0.3) is 5.91 Å². The molecule has 0 aliphatic carbocycles. The third-order valence-corrected chi connectivity index (χ3v) is 4.32. The summed E-state index contributed by atoms with van der Waals surface area (Å²) in [6.07, 6.45) is 1.67. The number of phenolic OH excluding ortho intramolecular Hbond substituents is 1. The summed E-state index contributed by atoms with van der Waals surface area (Å²) < 4.78 is 5.70. The number of fused-ring (bicyclic) bond motifs is 1. The van der Waals surface area contributed by atoms with Gasteiger partial charge < -0.3 is 25.8 Å². The number of aromatic hydroxyl groups is 1. The minimum absolute atomic E-state index is 0.102. The molecule has 3 amide bonds. The Hall–Kier alpha value is -3.22. The lowest BCUT2D eigenvalue weighted by Crippen LogP contribution is -2.41. The van der Waals surface area contributed by atoms with E-state index in [2.05, 4.69) is 16.0 Å². The summed E-state index contributed by atoms with van der Waals surface area (Å²) in [6, 6.07) is 13.3. The SMILES string of the molecule is O=C(NCCNC(=O)c1ccc(O)cc1)NC1CCCOc2ccccc21. The molecular formula is C20H23N3O4. The van der Waals surface area contributed by atoms with Gasteiger partial charge >= 0.3 is 6.03 Å². The van der Waals surface area contributed by atoms with Gasteiger partial charge in [-0.2, -0.15) is 0 Å². The first-order valence-corrected chi connectivity index (χ1v) is 8.97. The van der Waals surface area contributed by atoms with Crippen LogP contribution in [0.1, 0.15) is 34.8 Å². The lowest BCUT2D eigenvalue weighted by atomic mass is 10.0. The first-order valence-electron chi connectivity index (χ1n) is 8.97. The van der Waals surface area contributed by atoms with Gasteiger partial charge in [0.1, 0.15) is 11.5 Å². The highest BCUT2D eigenvalue weighted by Gasteiger charge is 2.20. The van der Waals surface area contributed by atoms with Crippen LogP contribution >= 0.6 is 0 Å². The van der Waals surface area contributed by atoms with Gasteiger partial charge in [-0.15, -0.1) is 0 Å². The average molecular weight is 369 g/mol. The fraction of sp³-hybridized carbons (Fsp3) is 0.300. The number of hydrogen-bond donors (Lipinski definition) is 4. The van der Waals surface area contributed by atoms with E-state index >= 15 is 0 Å². The normalized spacial score (nSPS) is 15.6. The van der Waals surface area contributed by atoms with Crippen LogP contribution in [0.3, 0.4) is 0 Å². The van der Waals surface area contributed by atoms with Crippen molar-refractivity contribution in [3.63, 3.8) is 0 Å². The van der Waals surface area contributed by atoms with Crippen LogP contribution in [0.5, 0.6) is 11.5 Å². The second-order valence-electron chi connectivity index (χ2n) is 6.28. The van der Waals surface area contributed by atoms with Gasteiger partial charge in [-0.25, -0.2) is 4.79 Å². The lowest BCUT2D eigenvalue weighted by Gasteiger charge is -2.18. The summed E-state index contributed by atoms with van der Waals surface area (Å²) in [5.74, 6) is 0.656. The maximum atomic E-state index is 12.2. The zero-order valence-electron chi connectivity index (χ0n) is 14.9. The van der Waals surface area contributed by atoms with Gasteiger partial charge in [0, 0.05) is 24.2 Å². The Balaban J connectivity index is 1.43. The number of carbonyl (C=O) groups excluding carboxylic acids is 2. The summed E-state index contributed by atoms with van der Waals surface area (Å²) >= 11 is 0. The highest BCUT2D eigenvalue weighted by atomic mass is 16.5. The highest BCUT2D eigenvalue weighted by molar-refractivity contribution is 5.94. The van der Waals surface area contributed by atoms with Gasteiger partial charge in [-0.05, 0) is 43.2 Å². The average Bonchev–Trinajstić information content (AvgIpc) is 2.88. The van der Waals surface area contributed by atoms with Crippen molar-refractivity contribution in [1.29, 1.82) is 0 Å². The second kappa shape index (κ2) is 8.93. The van der Waals surface area contributed by atoms with E-state index in [9.17, 15) is 14.7 Å². The van der Waals surface area contributed by atoms with Gasteiger partial charge in [0.05, 0.1) is 12.6 Å². The van der Waals surface area contributed by atoms with Crippen molar-refractivity contribution in [3.8, 4) is 11.5 Å². The number of ether oxygens (including phenoxy) is 1.